The number of hydrogen-bond acceptors (Lipinski definition) is 2. The average molecular weight is 198 g/mol. The first-order chi connectivity index (χ1) is 6.52. The highest BCUT2D eigenvalue weighted by atomic mass is 15.3. The lowest BCUT2D eigenvalue weighted by Crippen LogP contribution is -2.40. The average Bonchev–Trinajstić information content (AvgIpc) is 2.26. The van der Waals surface area contributed by atoms with E-state index in [4.69, 9.17) is 0 Å². The zero-order valence-corrected chi connectivity index (χ0v) is 10.5. The second kappa shape index (κ2) is 5.13. The lowest BCUT2D eigenvalue weighted by molar-refractivity contribution is 0.166. The first-order valence-corrected chi connectivity index (χ1v) is 6.02. The Kier molecular flexibility index (Phi) is 4.39. The van der Waals surface area contributed by atoms with Gasteiger partial charge in [0.1, 0.15) is 0 Å². The monoisotopic (exact) mass is 198 g/mol. The minimum absolute atomic E-state index is 0.692. The molecule has 0 N–H and O–H groups in total. The maximum absolute atomic E-state index is 2.63. The van der Waals surface area contributed by atoms with E-state index in [-0.39, 0.29) is 0 Å². The molecule has 1 saturated heterocycles. The van der Waals surface area contributed by atoms with E-state index in [0.29, 0.717) is 12.1 Å². The highest BCUT2D eigenvalue weighted by Crippen LogP contribution is 2.15. The summed E-state index contributed by atoms with van der Waals surface area (Å²) in [5.41, 5.74) is 0. The van der Waals surface area contributed by atoms with Crippen LogP contribution in [0.25, 0.3) is 0 Å². The van der Waals surface area contributed by atoms with Gasteiger partial charge in [-0.25, -0.2) is 0 Å². The van der Waals surface area contributed by atoms with Gasteiger partial charge in [0.05, 0.1) is 0 Å². The molecule has 1 aliphatic heterocycles. The molecule has 84 valence electrons. The van der Waals surface area contributed by atoms with E-state index in [1.54, 1.807) is 0 Å². The molecular formula is C12H26N2. The quantitative estimate of drug-likeness (QED) is 0.671. The van der Waals surface area contributed by atoms with Crippen LogP contribution in [0.15, 0.2) is 0 Å². The molecule has 0 amide bonds. The fraction of sp³-hybridized carbons (Fsp3) is 1.00. The zero-order valence-electron chi connectivity index (χ0n) is 10.5. The van der Waals surface area contributed by atoms with Crippen molar-refractivity contribution in [2.24, 2.45) is 0 Å². The Morgan fingerprint density at radius 3 is 2.07 bits per heavy atom. The van der Waals surface area contributed by atoms with Gasteiger partial charge in [0.15, 0.2) is 0 Å². The van der Waals surface area contributed by atoms with E-state index in [1.165, 1.54) is 26.1 Å². The number of nitrogens with zero attached hydrogens (tertiary/aromatic N) is 2. The van der Waals surface area contributed by atoms with Crippen molar-refractivity contribution in [3.05, 3.63) is 0 Å². The van der Waals surface area contributed by atoms with E-state index in [2.05, 4.69) is 44.4 Å². The summed E-state index contributed by atoms with van der Waals surface area (Å²) in [5.74, 6) is 0. The summed E-state index contributed by atoms with van der Waals surface area (Å²) in [6.07, 6.45) is 1.32. The molecule has 1 fully saturated rings. The van der Waals surface area contributed by atoms with Gasteiger partial charge in [-0.15, -0.1) is 0 Å². The molecule has 1 rings (SSSR count). The second-order valence-electron chi connectivity index (χ2n) is 5.10. The number of rotatable bonds is 2. The Morgan fingerprint density at radius 2 is 1.57 bits per heavy atom. The highest BCUT2D eigenvalue weighted by molar-refractivity contribution is 4.79. The zero-order chi connectivity index (χ0) is 10.7. The van der Waals surface area contributed by atoms with Gasteiger partial charge in [0.25, 0.3) is 0 Å². The largest absolute Gasteiger partial charge is 0.300 e. The molecule has 1 atom stereocenters. The molecule has 0 aliphatic carbocycles. The Hall–Kier alpha value is -0.0800. The predicted molar refractivity (Wildman–Crippen MR) is 62.6 cm³/mol. The smallest absolute Gasteiger partial charge is 0.0115 e. The molecule has 0 aromatic carbocycles. The molecule has 0 bridgehead atoms. The molecule has 0 saturated carbocycles. The van der Waals surface area contributed by atoms with Gasteiger partial charge in [0.2, 0.25) is 0 Å². The van der Waals surface area contributed by atoms with Crippen LogP contribution >= 0.6 is 0 Å². The minimum Gasteiger partial charge on any atom is -0.300 e. The Labute approximate surface area is 89.3 Å². The van der Waals surface area contributed by atoms with Crippen LogP contribution in [0.4, 0.5) is 0 Å². The van der Waals surface area contributed by atoms with E-state index in [9.17, 15) is 0 Å². The van der Waals surface area contributed by atoms with E-state index < -0.39 is 0 Å². The van der Waals surface area contributed by atoms with Crippen molar-refractivity contribution in [2.45, 2.75) is 59.2 Å². The highest BCUT2D eigenvalue weighted by Gasteiger charge is 2.23. The summed E-state index contributed by atoms with van der Waals surface area (Å²) in [7, 11) is 0. The standard InChI is InChI=1S/C12H26N2/c1-10(2)13-7-6-12(5)14(9-8-13)11(3)4/h10-12H,6-9H2,1-5H3/t12-/m0/s1. The van der Waals surface area contributed by atoms with Crippen molar-refractivity contribution in [1.29, 1.82) is 0 Å². The van der Waals surface area contributed by atoms with Gasteiger partial charge in [0, 0.05) is 31.2 Å². The summed E-state index contributed by atoms with van der Waals surface area (Å²) >= 11 is 0. The van der Waals surface area contributed by atoms with Crippen LogP contribution in [0.5, 0.6) is 0 Å². The lowest BCUT2D eigenvalue weighted by atomic mass is 10.1. The third-order valence-corrected chi connectivity index (χ3v) is 3.44. The molecular weight excluding hydrogens is 172 g/mol. The van der Waals surface area contributed by atoms with E-state index in [1.807, 2.05) is 0 Å². The Morgan fingerprint density at radius 1 is 0.929 bits per heavy atom. The van der Waals surface area contributed by atoms with Crippen molar-refractivity contribution >= 4 is 0 Å². The van der Waals surface area contributed by atoms with Crippen LogP contribution in [-0.2, 0) is 0 Å². The molecule has 14 heavy (non-hydrogen) atoms. The van der Waals surface area contributed by atoms with Crippen LogP contribution in [0.3, 0.4) is 0 Å². The van der Waals surface area contributed by atoms with E-state index in [0.717, 1.165) is 6.04 Å². The number of hydrogen-bond donors (Lipinski definition) is 0. The van der Waals surface area contributed by atoms with Crippen molar-refractivity contribution in [3.63, 3.8) is 0 Å². The van der Waals surface area contributed by atoms with Crippen molar-refractivity contribution in [1.82, 2.24) is 9.80 Å². The summed E-state index contributed by atoms with van der Waals surface area (Å²) < 4.78 is 0. The molecule has 0 aromatic heterocycles. The van der Waals surface area contributed by atoms with Crippen molar-refractivity contribution in [3.8, 4) is 0 Å². The third-order valence-electron chi connectivity index (χ3n) is 3.44. The van der Waals surface area contributed by atoms with Crippen molar-refractivity contribution < 1.29 is 0 Å². The second-order valence-corrected chi connectivity index (χ2v) is 5.10. The van der Waals surface area contributed by atoms with Crippen LogP contribution in [0, 0.1) is 0 Å². The maximum Gasteiger partial charge on any atom is 0.0115 e. The molecule has 1 aliphatic rings. The summed E-state index contributed by atoms with van der Waals surface area (Å²) in [6, 6.07) is 2.14. The molecule has 2 nitrogen and oxygen atoms in total. The van der Waals surface area contributed by atoms with Crippen LogP contribution in [0.1, 0.15) is 41.0 Å². The maximum atomic E-state index is 2.63. The summed E-state index contributed by atoms with van der Waals surface area (Å²) in [5, 5.41) is 0. The van der Waals surface area contributed by atoms with Gasteiger partial charge in [-0.2, -0.15) is 0 Å². The SMILES string of the molecule is CC(C)N1CC[C@H](C)N(C(C)C)CC1. The molecule has 0 radical (unpaired) electrons. The minimum atomic E-state index is 0.692. The topological polar surface area (TPSA) is 6.48 Å². The van der Waals surface area contributed by atoms with E-state index >= 15 is 0 Å². The molecule has 0 aromatic rings. The summed E-state index contributed by atoms with van der Waals surface area (Å²) in [6.45, 7) is 15.3. The Balaban J connectivity index is 2.53. The first kappa shape index (κ1) is 12.0. The summed E-state index contributed by atoms with van der Waals surface area (Å²) in [4.78, 5) is 5.22. The van der Waals surface area contributed by atoms with Crippen LogP contribution in [-0.4, -0.2) is 47.6 Å². The first-order valence-electron chi connectivity index (χ1n) is 6.02. The molecule has 2 heteroatoms. The van der Waals surface area contributed by atoms with Gasteiger partial charge < -0.3 is 0 Å². The van der Waals surface area contributed by atoms with Crippen LogP contribution in [0.2, 0.25) is 0 Å². The fourth-order valence-corrected chi connectivity index (χ4v) is 2.38. The van der Waals surface area contributed by atoms with Gasteiger partial charge in [-0.1, -0.05) is 0 Å². The van der Waals surface area contributed by atoms with Crippen LogP contribution < -0.4 is 0 Å². The fourth-order valence-electron chi connectivity index (χ4n) is 2.38. The van der Waals surface area contributed by atoms with Gasteiger partial charge >= 0.3 is 0 Å². The normalized spacial score (nSPS) is 27.2. The third kappa shape index (κ3) is 2.96. The molecule has 1 heterocycles. The lowest BCUT2D eigenvalue weighted by Gasteiger charge is -2.30. The van der Waals surface area contributed by atoms with Gasteiger partial charge in [-0.05, 0) is 47.6 Å². The van der Waals surface area contributed by atoms with Crippen molar-refractivity contribution in [2.75, 3.05) is 19.6 Å². The predicted octanol–water partition coefficient (Wildman–Crippen LogP) is 2.20. The van der Waals surface area contributed by atoms with Gasteiger partial charge in [-0.3, -0.25) is 9.80 Å². The molecule has 0 spiro atoms. The molecule has 0 unspecified atom stereocenters. The Bertz CT molecular complexity index is 166.